The lowest BCUT2D eigenvalue weighted by Crippen LogP contribution is -2.43. The molecule has 0 aromatic carbocycles. The molecular formula is C7H18ClN3O. The molecule has 0 rings (SSSR count). The maximum atomic E-state index is 10.9. The molecule has 0 aromatic heterocycles. The van der Waals surface area contributed by atoms with E-state index >= 15 is 0 Å². The molecule has 12 heavy (non-hydrogen) atoms. The number of likely N-dealkylation sites (N-methyl/N-ethyl adjacent to an activating group) is 1. The van der Waals surface area contributed by atoms with Gasteiger partial charge < -0.3 is 16.4 Å². The number of carbonyl (C=O) groups is 1. The summed E-state index contributed by atoms with van der Waals surface area (Å²) in [6.45, 7) is 4.28. The zero-order valence-electron chi connectivity index (χ0n) is 7.76. The molecule has 0 fully saturated rings. The van der Waals surface area contributed by atoms with Crippen LogP contribution in [0.4, 0.5) is 0 Å². The van der Waals surface area contributed by atoms with E-state index in [1.54, 1.807) is 6.92 Å². The highest BCUT2D eigenvalue weighted by Crippen LogP contribution is 1.78. The van der Waals surface area contributed by atoms with Crippen LogP contribution in [0.2, 0.25) is 0 Å². The molecule has 4 nitrogen and oxygen atoms in total. The quantitative estimate of drug-likeness (QED) is 0.566. The van der Waals surface area contributed by atoms with Gasteiger partial charge in [-0.15, -0.1) is 12.4 Å². The first-order valence-corrected chi connectivity index (χ1v) is 3.78. The van der Waals surface area contributed by atoms with Gasteiger partial charge in [-0.1, -0.05) is 0 Å². The zero-order valence-corrected chi connectivity index (χ0v) is 8.57. The Morgan fingerprint density at radius 3 is 2.33 bits per heavy atom. The monoisotopic (exact) mass is 195 g/mol. The molecule has 0 bridgehead atoms. The molecule has 0 spiro atoms. The number of halogens is 1. The van der Waals surface area contributed by atoms with Crippen molar-refractivity contribution >= 4 is 18.3 Å². The fourth-order valence-electron chi connectivity index (χ4n) is 0.517. The number of nitrogens with one attached hydrogen (secondary N) is 2. The summed E-state index contributed by atoms with van der Waals surface area (Å²) in [7, 11) is 1.85. The predicted octanol–water partition coefficient (Wildman–Crippen LogP) is -0.520. The van der Waals surface area contributed by atoms with Crippen LogP contribution >= 0.6 is 12.4 Å². The summed E-state index contributed by atoms with van der Waals surface area (Å²) in [6.07, 6.45) is 0. The molecule has 2 atom stereocenters. The van der Waals surface area contributed by atoms with Gasteiger partial charge in [-0.2, -0.15) is 0 Å². The Hall–Kier alpha value is -0.320. The Balaban J connectivity index is 0. The van der Waals surface area contributed by atoms with Crippen LogP contribution in [-0.4, -0.2) is 31.6 Å². The van der Waals surface area contributed by atoms with Gasteiger partial charge in [-0.05, 0) is 20.9 Å². The molecule has 0 saturated heterocycles. The number of carbonyl (C=O) groups excluding carboxylic acids is 1. The molecule has 4 N–H and O–H groups in total. The van der Waals surface area contributed by atoms with E-state index in [1.165, 1.54) is 0 Å². The predicted molar refractivity (Wildman–Crippen MR) is 52.4 cm³/mol. The van der Waals surface area contributed by atoms with E-state index < -0.39 is 6.04 Å². The molecule has 2 unspecified atom stereocenters. The third kappa shape index (κ3) is 6.39. The van der Waals surface area contributed by atoms with Crippen LogP contribution in [0.3, 0.4) is 0 Å². The SMILES string of the molecule is CNC(C)CNC(=O)C(C)N.Cl. The average Bonchev–Trinajstić information content (AvgIpc) is 1.99. The van der Waals surface area contributed by atoms with E-state index in [0.717, 1.165) is 0 Å². The van der Waals surface area contributed by atoms with Gasteiger partial charge >= 0.3 is 0 Å². The second-order valence-corrected chi connectivity index (χ2v) is 2.72. The van der Waals surface area contributed by atoms with E-state index in [2.05, 4.69) is 10.6 Å². The summed E-state index contributed by atoms with van der Waals surface area (Å²) < 4.78 is 0. The lowest BCUT2D eigenvalue weighted by Gasteiger charge is -2.12. The number of hydrogen-bond acceptors (Lipinski definition) is 3. The van der Waals surface area contributed by atoms with Gasteiger partial charge in [-0.25, -0.2) is 0 Å². The first-order chi connectivity index (χ1) is 5.07. The Morgan fingerprint density at radius 2 is 2.00 bits per heavy atom. The van der Waals surface area contributed by atoms with E-state index in [-0.39, 0.29) is 24.4 Å². The van der Waals surface area contributed by atoms with E-state index in [9.17, 15) is 4.79 Å². The zero-order chi connectivity index (χ0) is 8.85. The summed E-state index contributed by atoms with van der Waals surface area (Å²) in [5, 5.41) is 5.71. The van der Waals surface area contributed by atoms with Crippen LogP contribution < -0.4 is 16.4 Å². The van der Waals surface area contributed by atoms with Crippen molar-refractivity contribution in [2.45, 2.75) is 25.9 Å². The molecule has 0 aliphatic rings. The third-order valence-electron chi connectivity index (χ3n) is 1.49. The molecular weight excluding hydrogens is 178 g/mol. The molecule has 1 amide bonds. The minimum atomic E-state index is -0.418. The highest BCUT2D eigenvalue weighted by molar-refractivity contribution is 5.85. The molecule has 5 heteroatoms. The fraction of sp³-hybridized carbons (Fsp3) is 0.857. The van der Waals surface area contributed by atoms with Gasteiger partial charge in [0.1, 0.15) is 0 Å². The molecule has 0 radical (unpaired) electrons. The van der Waals surface area contributed by atoms with Gasteiger partial charge in [-0.3, -0.25) is 4.79 Å². The van der Waals surface area contributed by atoms with Crippen LogP contribution in [0.5, 0.6) is 0 Å². The first-order valence-electron chi connectivity index (χ1n) is 3.78. The highest BCUT2D eigenvalue weighted by atomic mass is 35.5. The number of hydrogen-bond donors (Lipinski definition) is 3. The van der Waals surface area contributed by atoms with Crippen molar-refractivity contribution in [2.24, 2.45) is 5.73 Å². The number of rotatable bonds is 4. The average molecular weight is 196 g/mol. The Kier molecular flexibility index (Phi) is 8.69. The van der Waals surface area contributed by atoms with Crippen molar-refractivity contribution in [3.05, 3.63) is 0 Å². The van der Waals surface area contributed by atoms with Crippen LogP contribution in [0.15, 0.2) is 0 Å². The van der Waals surface area contributed by atoms with Gasteiger partial charge in [0.25, 0.3) is 0 Å². The minimum absolute atomic E-state index is 0. The van der Waals surface area contributed by atoms with Gasteiger partial charge in [0.05, 0.1) is 6.04 Å². The molecule has 0 aliphatic carbocycles. The van der Waals surface area contributed by atoms with E-state index in [0.29, 0.717) is 6.54 Å². The van der Waals surface area contributed by atoms with Crippen molar-refractivity contribution < 1.29 is 4.79 Å². The van der Waals surface area contributed by atoms with E-state index in [1.807, 2.05) is 14.0 Å². The van der Waals surface area contributed by atoms with Crippen LogP contribution in [0.1, 0.15) is 13.8 Å². The summed E-state index contributed by atoms with van der Waals surface area (Å²) in [5.41, 5.74) is 5.33. The largest absolute Gasteiger partial charge is 0.353 e. The Morgan fingerprint density at radius 1 is 1.50 bits per heavy atom. The van der Waals surface area contributed by atoms with Crippen LogP contribution in [0, 0.1) is 0 Å². The molecule has 0 aromatic rings. The number of amides is 1. The summed E-state index contributed by atoms with van der Waals surface area (Å²) in [5.74, 6) is -0.105. The summed E-state index contributed by atoms with van der Waals surface area (Å²) in [4.78, 5) is 10.9. The second kappa shape index (κ2) is 7.34. The highest BCUT2D eigenvalue weighted by Gasteiger charge is 2.06. The Bertz CT molecular complexity index is 130. The van der Waals surface area contributed by atoms with E-state index in [4.69, 9.17) is 5.73 Å². The third-order valence-corrected chi connectivity index (χ3v) is 1.49. The van der Waals surface area contributed by atoms with Crippen molar-refractivity contribution in [3.63, 3.8) is 0 Å². The number of nitrogens with two attached hydrogens (primary N) is 1. The van der Waals surface area contributed by atoms with Crippen molar-refractivity contribution in [3.8, 4) is 0 Å². The van der Waals surface area contributed by atoms with Crippen molar-refractivity contribution in [2.75, 3.05) is 13.6 Å². The maximum Gasteiger partial charge on any atom is 0.236 e. The summed E-state index contributed by atoms with van der Waals surface area (Å²) in [6, 6.07) is -0.128. The normalized spacial score (nSPS) is 14.3. The summed E-state index contributed by atoms with van der Waals surface area (Å²) >= 11 is 0. The standard InChI is InChI=1S/C7H17N3O.ClH/c1-5(9-3)4-10-7(11)6(2)8;/h5-6,9H,4,8H2,1-3H3,(H,10,11);1H. The van der Waals surface area contributed by atoms with Crippen molar-refractivity contribution in [1.29, 1.82) is 0 Å². The van der Waals surface area contributed by atoms with Gasteiger partial charge in [0, 0.05) is 12.6 Å². The molecule has 0 heterocycles. The van der Waals surface area contributed by atoms with Crippen molar-refractivity contribution in [1.82, 2.24) is 10.6 Å². The smallest absolute Gasteiger partial charge is 0.236 e. The minimum Gasteiger partial charge on any atom is -0.353 e. The maximum absolute atomic E-state index is 10.9. The van der Waals surface area contributed by atoms with Gasteiger partial charge in [0.15, 0.2) is 0 Å². The van der Waals surface area contributed by atoms with Gasteiger partial charge in [0.2, 0.25) is 5.91 Å². The van der Waals surface area contributed by atoms with Crippen LogP contribution in [-0.2, 0) is 4.79 Å². The molecule has 74 valence electrons. The molecule has 0 aliphatic heterocycles. The molecule has 0 saturated carbocycles. The first kappa shape index (κ1) is 14.2. The second-order valence-electron chi connectivity index (χ2n) is 2.72. The van der Waals surface area contributed by atoms with Crippen LogP contribution in [0.25, 0.3) is 0 Å². The topological polar surface area (TPSA) is 67.1 Å². The lowest BCUT2D eigenvalue weighted by atomic mass is 10.3. The fourth-order valence-corrected chi connectivity index (χ4v) is 0.517. The lowest BCUT2D eigenvalue weighted by molar-refractivity contribution is -0.122. The Labute approximate surface area is 79.7 Å².